The Morgan fingerprint density at radius 1 is 0.833 bits per heavy atom. The zero-order chi connectivity index (χ0) is 20.3. The summed E-state index contributed by atoms with van der Waals surface area (Å²) in [6.45, 7) is 0. The SMILES string of the molecule is CN([C@@H]1CCCc2sc(-c3ccccc3)nc21)P(c1ccccc1)c1ccccc1. The van der Waals surface area contributed by atoms with E-state index in [0.717, 1.165) is 11.4 Å². The summed E-state index contributed by atoms with van der Waals surface area (Å²) in [5.74, 6) is 0. The molecule has 1 aliphatic rings. The summed E-state index contributed by atoms with van der Waals surface area (Å²) in [4.78, 5) is 6.65. The molecule has 3 aromatic carbocycles. The van der Waals surface area contributed by atoms with Crippen molar-refractivity contribution in [2.75, 3.05) is 7.05 Å². The number of thiazole rings is 1. The van der Waals surface area contributed by atoms with Gasteiger partial charge in [0.25, 0.3) is 0 Å². The van der Waals surface area contributed by atoms with Crippen molar-refractivity contribution in [2.45, 2.75) is 25.3 Å². The van der Waals surface area contributed by atoms with Crippen LogP contribution in [0.15, 0.2) is 91.0 Å². The van der Waals surface area contributed by atoms with Crippen molar-refractivity contribution < 1.29 is 0 Å². The maximum Gasteiger partial charge on any atom is 0.123 e. The molecule has 0 amide bonds. The van der Waals surface area contributed by atoms with E-state index < -0.39 is 8.07 Å². The van der Waals surface area contributed by atoms with E-state index in [1.807, 2.05) is 11.3 Å². The van der Waals surface area contributed by atoms with Crippen LogP contribution in [-0.2, 0) is 6.42 Å². The highest BCUT2D eigenvalue weighted by molar-refractivity contribution is 7.70. The first-order chi connectivity index (χ1) is 14.8. The van der Waals surface area contributed by atoms with Gasteiger partial charge in [-0.05, 0) is 36.9 Å². The monoisotopic (exact) mass is 428 g/mol. The number of benzene rings is 3. The van der Waals surface area contributed by atoms with Gasteiger partial charge in [-0.25, -0.2) is 4.98 Å². The van der Waals surface area contributed by atoms with E-state index in [-0.39, 0.29) is 0 Å². The largest absolute Gasteiger partial charge is 0.269 e. The van der Waals surface area contributed by atoms with Crippen LogP contribution < -0.4 is 10.6 Å². The summed E-state index contributed by atoms with van der Waals surface area (Å²) < 4.78 is 2.60. The zero-order valence-electron chi connectivity index (χ0n) is 17.1. The lowest BCUT2D eigenvalue weighted by Crippen LogP contribution is -2.31. The lowest BCUT2D eigenvalue weighted by molar-refractivity contribution is 0.357. The molecule has 0 unspecified atom stereocenters. The quantitative estimate of drug-likeness (QED) is 0.354. The van der Waals surface area contributed by atoms with Gasteiger partial charge in [0.2, 0.25) is 0 Å². The zero-order valence-corrected chi connectivity index (χ0v) is 18.8. The first kappa shape index (κ1) is 19.6. The van der Waals surface area contributed by atoms with Crippen LogP contribution in [0.3, 0.4) is 0 Å². The van der Waals surface area contributed by atoms with Crippen LogP contribution in [0.2, 0.25) is 0 Å². The fourth-order valence-electron chi connectivity index (χ4n) is 4.25. The Hall–Kier alpha value is -2.32. The number of aromatic nitrogens is 1. The van der Waals surface area contributed by atoms with Gasteiger partial charge in [-0.1, -0.05) is 91.0 Å². The Morgan fingerprint density at radius 3 is 2.00 bits per heavy atom. The van der Waals surface area contributed by atoms with Crippen molar-refractivity contribution in [1.29, 1.82) is 0 Å². The molecule has 1 atom stereocenters. The minimum absolute atomic E-state index is 0.356. The van der Waals surface area contributed by atoms with Crippen LogP contribution >= 0.6 is 19.4 Å². The maximum absolute atomic E-state index is 5.18. The van der Waals surface area contributed by atoms with E-state index in [2.05, 4.69) is 103 Å². The van der Waals surface area contributed by atoms with Crippen molar-refractivity contribution in [3.05, 3.63) is 102 Å². The molecule has 150 valence electrons. The third kappa shape index (κ3) is 3.86. The molecule has 1 aliphatic carbocycles. The standard InChI is InChI=1S/C26H25N2PS/c1-28(29(21-14-7-3-8-15-21)22-16-9-4-10-17-22)23-18-11-19-24-25(23)27-26(30-24)20-12-5-2-6-13-20/h2-10,12-17,23H,11,18-19H2,1H3/t23-/m1/s1. The van der Waals surface area contributed by atoms with Crippen molar-refractivity contribution >= 4 is 30.0 Å². The smallest absolute Gasteiger partial charge is 0.123 e. The lowest BCUT2D eigenvalue weighted by Gasteiger charge is -2.37. The van der Waals surface area contributed by atoms with Crippen molar-refractivity contribution in [3.8, 4) is 10.6 Å². The highest BCUT2D eigenvalue weighted by atomic mass is 32.1. The van der Waals surface area contributed by atoms with E-state index in [4.69, 9.17) is 4.98 Å². The third-order valence-electron chi connectivity index (χ3n) is 5.71. The first-order valence-corrected chi connectivity index (χ1v) is 12.6. The Morgan fingerprint density at radius 2 is 1.40 bits per heavy atom. The number of nitrogens with zero attached hydrogens (tertiary/aromatic N) is 2. The summed E-state index contributed by atoms with van der Waals surface area (Å²) in [7, 11) is 1.69. The Labute approximate surface area is 184 Å². The predicted octanol–water partition coefficient (Wildman–Crippen LogP) is 6.17. The number of fused-ring (bicyclic) bond motifs is 1. The Bertz CT molecular complexity index is 1060. The van der Waals surface area contributed by atoms with E-state index in [9.17, 15) is 0 Å². The van der Waals surface area contributed by atoms with Crippen LogP contribution in [0.1, 0.15) is 29.5 Å². The molecule has 1 aromatic heterocycles. The van der Waals surface area contributed by atoms with Crippen molar-refractivity contribution in [3.63, 3.8) is 0 Å². The molecule has 0 N–H and O–H groups in total. The normalized spacial score (nSPS) is 16.0. The summed E-state index contributed by atoms with van der Waals surface area (Å²) in [6, 6.07) is 32.9. The van der Waals surface area contributed by atoms with Gasteiger partial charge in [0.1, 0.15) is 5.01 Å². The topological polar surface area (TPSA) is 16.1 Å². The molecule has 2 nitrogen and oxygen atoms in total. The van der Waals surface area contributed by atoms with E-state index in [0.29, 0.717) is 6.04 Å². The minimum atomic E-state index is -0.606. The molecule has 4 aromatic rings. The lowest BCUT2D eigenvalue weighted by atomic mass is 9.98. The number of hydrogen-bond donors (Lipinski definition) is 0. The van der Waals surface area contributed by atoms with Crippen LogP contribution in [0, 0.1) is 0 Å². The van der Waals surface area contributed by atoms with Gasteiger partial charge in [0.05, 0.1) is 11.7 Å². The van der Waals surface area contributed by atoms with E-state index in [1.54, 1.807) is 0 Å². The predicted molar refractivity (Wildman–Crippen MR) is 130 cm³/mol. The summed E-state index contributed by atoms with van der Waals surface area (Å²) in [6.07, 6.45) is 3.55. The van der Waals surface area contributed by atoms with Crippen molar-refractivity contribution in [2.24, 2.45) is 0 Å². The van der Waals surface area contributed by atoms with Gasteiger partial charge < -0.3 is 0 Å². The average Bonchev–Trinajstić information content (AvgIpc) is 3.26. The molecule has 0 fully saturated rings. The molecular formula is C26H25N2PS. The summed E-state index contributed by atoms with van der Waals surface area (Å²) in [5, 5.41) is 3.95. The summed E-state index contributed by atoms with van der Waals surface area (Å²) >= 11 is 1.88. The van der Waals surface area contributed by atoms with Gasteiger partial charge in [0.15, 0.2) is 0 Å². The van der Waals surface area contributed by atoms with Crippen LogP contribution in [-0.4, -0.2) is 16.7 Å². The second-order valence-electron chi connectivity index (χ2n) is 7.66. The molecule has 30 heavy (non-hydrogen) atoms. The molecule has 0 saturated heterocycles. The van der Waals surface area contributed by atoms with Crippen molar-refractivity contribution in [1.82, 2.24) is 9.65 Å². The van der Waals surface area contributed by atoms with E-state index >= 15 is 0 Å². The third-order valence-corrected chi connectivity index (χ3v) is 9.38. The Balaban J connectivity index is 1.54. The highest BCUT2D eigenvalue weighted by Crippen LogP contribution is 2.48. The fraction of sp³-hybridized carbons (Fsp3) is 0.192. The molecule has 0 saturated carbocycles. The van der Waals surface area contributed by atoms with Gasteiger partial charge in [-0.2, -0.15) is 0 Å². The molecule has 4 heteroatoms. The van der Waals surface area contributed by atoms with Gasteiger partial charge >= 0.3 is 0 Å². The first-order valence-electron chi connectivity index (χ1n) is 10.5. The van der Waals surface area contributed by atoms with Gasteiger partial charge in [-0.15, -0.1) is 11.3 Å². The van der Waals surface area contributed by atoms with Crippen LogP contribution in [0.5, 0.6) is 0 Å². The molecule has 5 rings (SSSR count). The molecule has 0 bridgehead atoms. The molecule has 1 heterocycles. The molecule has 0 spiro atoms. The number of aryl methyl sites for hydroxylation is 1. The highest BCUT2D eigenvalue weighted by Gasteiger charge is 2.32. The second-order valence-corrected chi connectivity index (χ2v) is 11.0. The Kier molecular flexibility index (Phi) is 5.77. The number of rotatable bonds is 5. The molecule has 0 aliphatic heterocycles. The average molecular weight is 429 g/mol. The van der Waals surface area contributed by atoms with Crippen LogP contribution in [0.25, 0.3) is 10.6 Å². The minimum Gasteiger partial charge on any atom is -0.269 e. The number of hydrogen-bond acceptors (Lipinski definition) is 3. The van der Waals surface area contributed by atoms with Gasteiger partial charge in [-0.3, -0.25) is 4.67 Å². The van der Waals surface area contributed by atoms with Gasteiger partial charge in [0, 0.05) is 18.5 Å². The van der Waals surface area contributed by atoms with E-state index in [1.165, 1.54) is 39.6 Å². The maximum atomic E-state index is 5.18. The summed E-state index contributed by atoms with van der Waals surface area (Å²) in [5.41, 5.74) is 2.53. The molecular weight excluding hydrogens is 403 g/mol. The second kappa shape index (κ2) is 8.81. The molecule has 0 radical (unpaired) electrons. The van der Waals surface area contributed by atoms with Crippen LogP contribution in [0.4, 0.5) is 0 Å². The fourth-order valence-corrected chi connectivity index (χ4v) is 7.86.